The first kappa shape index (κ1) is 13.8. The number of aromatic nitrogens is 1. The van der Waals surface area contributed by atoms with Gasteiger partial charge in [0, 0.05) is 11.6 Å². The topological polar surface area (TPSA) is 22.1 Å². The molecule has 1 heterocycles. The van der Waals surface area contributed by atoms with Crippen LogP contribution in [0.2, 0.25) is 20.2 Å². The number of benzene rings is 1. The van der Waals surface area contributed by atoms with E-state index in [1.807, 2.05) is 0 Å². The van der Waals surface area contributed by atoms with Gasteiger partial charge in [0.1, 0.15) is 5.15 Å². The van der Waals surface area contributed by atoms with E-state index >= 15 is 0 Å². The van der Waals surface area contributed by atoms with Gasteiger partial charge in [-0.1, -0.05) is 52.5 Å². The maximum Gasteiger partial charge on any atom is 0.214 e. The van der Waals surface area contributed by atoms with E-state index in [0.29, 0.717) is 31.7 Å². The fourth-order valence-electron chi connectivity index (χ4n) is 1.48. The Labute approximate surface area is 124 Å². The molecule has 2 aromatic rings. The third-order valence-electron chi connectivity index (χ3n) is 2.33. The normalized spacial score (nSPS) is 10.5. The lowest BCUT2D eigenvalue weighted by atomic mass is 10.1. The van der Waals surface area contributed by atoms with Gasteiger partial charge < -0.3 is 4.74 Å². The Bertz CT molecular complexity index is 601. The molecule has 0 saturated carbocycles. The standard InChI is InChI=1S/C12H7Cl4NO/c1-18-10-5-6(4-9(14)17-10)7-2-3-8(13)12(16)11(7)15/h2-5H,1H3. The molecule has 0 atom stereocenters. The smallest absolute Gasteiger partial charge is 0.214 e. The van der Waals surface area contributed by atoms with Gasteiger partial charge in [0.25, 0.3) is 0 Å². The number of methoxy groups -OCH3 is 1. The summed E-state index contributed by atoms with van der Waals surface area (Å²) < 4.78 is 5.05. The van der Waals surface area contributed by atoms with Gasteiger partial charge in [0.2, 0.25) is 5.88 Å². The van der Waals surface area contributed by atoms with Crippen LogP contribution in [0.4, 0.5) is 0 Å². The summed E-state index contributed by atoms with van der Waals surface area (Å²) >= 11 is 24.0. The van der Waals surface area contributed by atoms with Gasteiger partial charge in [-0.2, -0.15) is 0 Å². The van der Waals surface area contributed by atoms with Crippen LogP contribution in [-0.2, 0) is 0 Å². The molecule has 0 aliphatic rings. The zero-order valence-corrected chi connectivity index (χ0v) is 12.2. The Hall–Kier alpha value is -0.670. The highest BCUT2D eigenvalue weighted by Gasteiger charge is 2.12. The first-order valence-electron chi connectivity index (χ1n) is 4.88. The van der Waals surface area contributed by atoms with Crippen LogP contribution >= 0.6 is 46.4 Å². The molecule has 18 heavy (non-hydrogen) atoms. The Balaban J connectivity index is 2.62. The summed E-state index contributed by atoms with van der Waals surface area (Å²) in [5.41, 5.74) is 1.48. The van der Waals surface area contributed by atoms with Crippen molar-refractivity contribution in [1.29, 1.82) is 0 Å². The molecule has 6 heteroatoms. The minimum atomic E-state index is 0.308. The quantitative estimate of drug-likeness (QED) is 0.547. The minimum Gasteiger partial charge on any atom is -0.481 e. The Morgan fingerprint density at radius 2 is 1.72 bits per heavy atom. The Morgan fingerprint density at radius 3 is 2.39 bits per heavy atom. The molecule has 0 N–H and O–H groups in total. The average Bonchev–Trinajstić information content (AvgIpc) is 2.35. The van der Waals surface area contributed by atoms with Crippen LogP contribution in [0, 0.1) is 0 Å². The van der Waals surface area contributed by atoms with Gasteiger partial charge in [-0.15, -0.1) is 0 Å². The van der Waals surface area contributed by atoms with Gasteiger partial charge in [0.05, 0.1) is 22.2 Å². The van der Waals surface area contributed by atoms with Crippen molar-refractivity contribution < 1.29 is 4.74 Å². The van der Waals surface area contributed by atoms with Crippen molar-refractivity contribution in [2.24, 2.45) is 0 Å². The van der Waals surface area contributed by atoms with Crippen molar-refractivity contribution in [3.05, 3.63) is 44.5 Å². The second-order valence-electron chi connectivity index (χ2n) is 3.44. The lowest BCUT2D eigenvalue weighted by Crippen LogP contribution is -1.90. The average molecular weight is 323 g/mol. The van der Waals surface area contributed by atoms with Gasteiger partial charge in [-0.3, -0.25) is 0 Å². The summed E-state index contributed by atoms with van der Waals surface area (Å²) in [6.45, 7) is 0. The van der Waals surface area contributed by atoms with Crippen LogP contribution in [0.3, 0.4) is 0 Å². The molecule has 1 aromatic heterocycles. The highest BCUT2D eigenvalue weighted by molar-refractivity contribution is 6.49. The molecule has 0 aliphatic carbocycles. The molecule has 0 spiro atoms. The van der Waals surface area contributed by atoms with Crippen LogP contribution in [0.15, 0.2) is 24.3 Å². The second kappa shape index (κ2) is 5.54. The second-order valence-corrected chi connectivity index (χ2v) is 4.99. The molecule has 0 saturated heterocycles. The van der Waals surface area contributed by atoms with E-state index in [1.165, 1.54) is 7.11 Å². The maximum absolute atomic E-state index is 6.16. The van der Waals surface area contributed by atoms with Gasteiger partial charge in [-0.05, 0) is 17.7 Å². The first-order valence-corrected chi connectivity index (χ1v) is 6.39. The zero-order chi connectivity index (χ0) is 13.3. The van der Waals surface area contributed by atoms with Crippen LogP contribution in [0.1, 0.15) is 0 Å². The molecule has 94 valence electrons. The SMILES string of the molecule is COc1cc(-c2ccc(Cl)c(Cl)c2Cl)cc(Cl)n1. The van der Waals surface area contributed by atoms with Crippen LogP contribution < -0.4 is 4.74 Å². The van der Waals surface area contributed by atoms with E-state index in [1.54, 1.807) is 24.3 Å². The molecular formula is C12H7Cl4NO. The summed E-state index contributed by atoms with van der Waals surface area (Å²) in [6, 6.07) is 6.83. The third-order valence-corrected chi connectivity index (χ3v) is 3.81. The van der Waals surface area contributed by atoms with Crippen molar-refractivity contribution in [2.75, 3.05) is 7.11 Å². The molecular weight excluding hydrogens is 316 g/mol. The van der Waals surface area contributed by atoms with E-state index in [0.717, 1.165) is 5.56 Å². The predicted molar refractivity (Wildman–Crippen MR) is 76.3 cm³/mol. The van der Waals surface area contributed by atoms with Gasteiger partial charge in [-0.25, -0.2) is 4.98 Å². The summed E-state index contributed by atoms with van der Waals surface area (Å²) in [4.78, 5) is 3.99. The fraction of sp³-hybridized carbons (Fsp3) is 0.0833. The van der Waals surface area contributed by atoms with Gasteiger partial charge >= 0.3 is 0 Å². The van der Waals surface area contributed by atoms with E-state index in [-0.39, 0.29) is 0 Å². The van der Waals surface area contributed by atoms with E-state index in [4.69, 9.17) is 51.1 Å². The maximum atomic E-state index is 6.16. The Morgan fingerprint density at radius 1 is 1.00 bits per heavy atom. The monoisotopic (exact) mass is 321 g/mol. The molecule has 2 nitrogen and oxygen atoms in total. The molecule has 0 radical (unpaired) electrons. The molecule has 1 aromatic carbocycles. The van der Waals surface area contributed by atoms with Crippen LogP contribution in [0.5, 0.6) is 5.88 Å². The summed E-state index contributed by atoms with van der Waals surface area (Å²) in [7, 11) is 1.51. The molecule has 0 unspecified atom stereocenters. The molecule has 0 aliphatic heterocycles. The highest BCUT2D eigenvalue weighted by atomic mass is 35.5. The lowest BCUT2D eigenvalue weighted by molar-refractivity contribution is 0.398. The number of nitrogens with zero attached hydrogens (tertiary/aromatic N) is 1. The summed E-state index contributed by atoms with van der Waals surface area (Å²) in [5, 5.41) is 1.39. The molecule has 0 fully saturated rings. The van der Waals surface area contributed by atoms with Crippen molar-refractivity contribution >= 4 is 46.4 Å². The van der Waals surface area contributed by atoms with Crippen molar-refractivity contribution in [3.8, 4) is 17.0 Å². The third kappa shape index (κ3) is 2.67. The van der Waals surface area contributed by atoms with Crippen LogP contribution in [-0.4, -0.2) is 12.1 Å². The molecule has 2 rings (SSSR count). The van der Waals surface area contributed by atoms with Gasteiger partial charge in [0.15, 0.2) is 0 Å². The van der Waals surface area contributed by atoms with E-state index < -0.39 is 0 Å². The lowest BCUT2D eigenvalue weighted by Gasteiger charge is -2.09. The minimum absolute atomic E-state index is 0.308. The number of ether oxygens (including phenoxy) is 1. The summed E-state index contributed by atoms with van der Waals surface area (Å²) in [5.74, 6) is 0.402. The van der Waals surface area contributed by atoms with E-state index in [2.05, 4.69) is 4.98 Å². The zero-order valence-electron chi connectivity index (χ0n) is 9.18. The number of halogens is 4. The van der Waals surface area contributed by atoms with Crippen molar-refractivity contribution in [1.82, 2.24) is 4.98 Å². The van der Waals surface area contributed by atoms with Crippen molar-refractivity contribution in [2.45, 2.75) is 0 Å². The van der Waals surface area contributed by atoms with Crippen LogP contribution in [0.25, 0.3) is 11.1 Å². The number of hydrogen-bond acceptors (Lipinski definition) is 2. The first-order chi connectivity index (χ1) is 8.52. The van der Waals surface area contributed by atoms with E-state index in [9.17, 15) is 0 Å². The number of rotatable bonds is 2. The van der Waals surface area contributed by atoms with Crippen molar-refractivity contribution in [3.63, 3.8) is 0 Å². The number of hydrogen-bond donors (Lipinski definition) is 0. The predicted octanol–water partition coefficient (Wildman–Crippen LogP) is 5.37. The Kier molecular flexibility index (Phi) is 4.23. The summed E-state index contributed by atoms with van der Waals surface area (Å²) in [6.07, 6.45) is 0. The highest BCUT2D eigenvalue weighted by Crippen LogP contribution is 2.39. The molecule has 0 amide bonds. The largest absolute Gasteiger partial charge is 0.481 e. The molecule has 0 bridgehead atoms. The number of pyridine rings is 1. The fourth-order valence-corrected chi connectivity index (χ4v) is 2.33.